The molecule has 0 rings (SSSR count). The van der Waals surface area contributed by atoms with Crippen molar-refractivity contribution < 1.29 is 23.4 Å². The number of rotatable bonds is 11. The number of alkyl halides is 2. The van der Waals surface area contributed by atoms with E-state index in [0.717, 1.165) is 17.9 Å². The molecule has 0 aliphatic carbocycles. The quantitative estimate of drug-likeness (QED) is 0.548. The normalized spacial score (nSPS) is 10.8. The van der Waals surface area contributed by atoms with Gasteiger partial charge in [-0.05, 0) is 12.2 Å². The molecule has 0 aliphatic heterocycles. The van der Waals surface area contributed by atoms with Crippen molar-refractivity contribution in [1.29, 1.82) is 0 Å². The molecule has 1 amide bonds. The first kappa shape index (κ1) is 16.6. The molecule has 7 heteroatoms. The maximum Gasteiger partial charge on any atom is 0.261 e. The zero-order valence-corrected chi connectivity index (χ0v) is 10.5. The number of aliphatic hydroxyl groups excluding tert-OH is 1. The Bertz CT molecular complexity index is 196. The van der Waals surface area contributed by atoms with Crippen molar-refractivity contribution in [3.05, 3.63) is 0 Å². The maximum atomic E-state index is 11.7. The van der Waals surface area contributed by atoms with Crippen LogP contribution in [0.1, 0.15) is 12.8 Å². The summed E-state index contributed by atoms with van der Waals surface area (Å²) in [6, 6.07) is 0. The molecule has 0 spiro atoms. The van der Waals surface area contributed by atoms with Gasteiger partial charge in [-0.1, -0.05) is 0 Å². The van der Waals surface area contributed by atoms with E-state index < -0.39 is 13.0 Å². The second-order valence-corrected chi connectivity index (χ2v) is 4.48. The van der Waals surface area contributed by atoms with Gasteiger partial charge in [0.25, 0.3) is 6.43 Å². The lowest BCUT2D eigenvalue weighted by atomic mass is 10.4. The average molecular weight is 271 g/mol. The lowest BCUT2D eigenvalue weighted by Gasteiger charge is -2.05. The van der Waals surface area contributed by atoms with Gasteiger partial charge in [-0.25, -0.2) is 8.78 Å². The molecule has 0 aliphatic rings. The van der Waals surface area contributed by atoms with E-state index in [0.29, 0.717) is 6.54 Å². The topological polar surface area (TPSA) is 58.6 Å². The molecule has 0 radical (unpaired) electrons. The van der Waals surface area contributed by atoms with Gasteiger partial charge < -0.3 is 15.2 Å². The molecule has 0 bridgehead atoms. The standard InChI is InChI=1S/C10H19F2NO3S/c11-9(12)8-16-5-2-10(15)13-3-7-17-6-1-4-14/h9,14H,1-8H2,(H,13,15). The molecule has 0 fully saturated rings. The van der Waals surface area contributed by atoms with Crippen molar-refractivity contribution in [3.8, 4) is 0 Å². The first-order valence-electron chi connectivity index (χ1n) is 5.48. The third-order valence-corrected chi connectivity index (χ3v) is 2.80. The summed E-state index contributed by atoms with van der Waals surface area (Å²) in [5.41, 5.74) is 0. The van der Waals surface area contributed by atoms with Crippen LogP contribution in [0.5, 0.6) is 0 Å². The van der Waals surface area contributed by atoms with Crippen LogP contribution in [0.2, 0.25) is 0 Å². The largest absolute Gasteiger partial charge is 0.396 e. The van der Waals surface area contributed by atoms with Crippen LogP contribution in [0.15, 0.2) is 0 Å². The maximum absolute atomic E-state index is 11.7. The number of hydrogen-bond donors (Lipinski definition) is 2. The predicted octanol–water partition coefficient (Wildman–Crippen LogP) is 0.890. The van der Waals surface area contributed by atoms with Crippen LogP contribution in [0.3, 0.4) is 0 Å². The number of aliphatic hydroxyl groups is 1. The van der Waals surface area contributed by atoms with E-state index in [4.69, 9.17) is 5.11 Å². The molecule has 0 heterocycles. The fourth-order valence-electron chi connectivity index (χ4n) is 0.957. The van der Waals surface area contributed by atoms with E-state index in [2.05, 4.69) is 10.1 Å². The van der Waals surface area contributed by atoms with Crippen molar-refractivity contribution >= 4 is 17.7 Å². The molecule has 102 valence electrons. The second-order valence-electron chi connectivity index (χ2n) is 3.26. The van der Waals surface area contributed by atoms with E-state index in [1.807, 2.05) is 0 Å². The number of nitrogens with one attached hydrogen (secondary N) is 1. The number of halogens is 2. The lowest BCUT2D eigenvalue weighted by molar-refractivity contribution is -0.122. The summed E-state index contributed by atoms with van der Waals surface area (Å²) in [6.07, 6.45) is -1.63. The summed E-state index contributed by atoms with van der Waals surface area (Å²) in [6.45, 7) is 0.128. The van der Waals surface area contributed by atoms with Crippen LogP contribution in [0, 0.1) is 0 Å². The summed E-state index contributed by atoms with van der Waals surface area (Å²) in [4.78, 5) is 11.1. The Morgan fingerprint density at radius 3 is 2.82 bits per heavy atom. The summed E-state index contributed by atoms with van der Waals surface area (Å²) in [5, 5.41) is 11.2. The van der Waals surface area contributed by atoms with Crippen molar-refractivity contribution in [2.75, 3.05) is 37.9 Å². The van der Waals surface area contributed by atoms with Crippen molar-refractivity contribution in [3.63, 3.8) is 0 Å². The Kier molecular flexibility index (Phi) is 11.8. The second kappa shape index (κ2) is 12.1. The van der Waals surface area contributed by atoms with E-state index in [9.17, 15) is 13.6 Å². The van der Waals surface area contributed by atoms with Gasteiger partial charge in [-0.2, -0.15) is 11.8 Å². The highest BCUT2D eigenvalue weighted by Gasteiger charge is 2.04. The predicted molar refractivity (Wildman–Crippen MR) is 63.5 cm³/mol. The van der Waals surface area contributed by atoms with Crippen molar-refractivity contribution in [1.82, 2.24) is 5.32 Å². The number of ether oxygens (including phenoxy) is 1. The third kappa shape index (κ3) is 13.5. The van der Waals surface area contributed by atoms with Crippen LogP contribution in [0.25, 0.3) is 0 Å². The Hall–Kier alpha value is -0.400. The monoisotopic (exact) mass is 271 g/mol. The van der Waals surface area contributed by atoms with Gasteiger partial charge in [-0.15, -0.1) is 0 Å². The van der Waals surface area contributed by atoms with Gasteiger partial charge in [0.1, 0.15) is 6.61 Å². The summed E-state index contributed by atoms with van der Waals surface area (Å²) in [7, 11) is 0. The summed E-state index contributed by atoms with van der Waals surface area (Å²) in [5.74, 6) is 1.45. The third-order valence-electron chi connectivity index (χ3n) is 1.73. The zero-order chi connectivity index (χ0) is 12.9. The fourth-order valence-corrected chi connectivity index (χ4v) is 1.74. The van der Waals surface area contributed by atoms with Crippen LogP contribution in [-0.4, -0.2) is 55.3 Å². The Labute approximate surface area is 104 Å². The van der Waals surface area contributed by atoms with Gasteiger partial charge >= 0.3 is 0 Å². The minimum absolute atomic E-state index is 0.0217. The first-order chi connectivity index (χ1) is 8.16. The Morgan fingerprint density at radius 2 is 2.18 bits per heavy atom. The average Bonchev–Trinajstić information content (AvgIpc) is 2.29. The highest BCUT2D eigenvalue weighted by molar-refractivity contribution is 7.99. The molecular formula is C10H19F2NO3S. The smallest absolute Gasteiger partial charge is 0.261 e. The molecule has 0 aromatic heterocycles. The molecule has 17 heavy (non-hydrogen) atoms. The highest BCUT2D eigenvalue weighted by Crippen LogP contribution is 2.00. The van der Waals surface area contributed by atoms with Gasteiger partial charge in [0.05, 0.1) is 6.61 Å². The minimum atomic E-state index is -2.49. The van der Waals surface area contributed by atoms with Gasteiger partial charge in [0.15, 0.2) is 0 Å². The van der Waals surface area contributed by atoms with Gasteiger partial charge in [0, 0.05) is 25.3 Å². The minimum Gasteiger partial charge on any atom is -0.396 e. The fraction of sp³-hybridized carbons (Fsp3) is 0.900. The molecule has 0 atom stereocenters. The molecule has 0 saturated heterocycles. The van der Waals surface area contributed by atoms with E-state index in [1.165, 1.54) is 0 Å². The summed E-state index contributed by atoms with van der Waals surface area (Å²) < 4.78 is 27.9. The van der Waals surface area contributed by atoms with Gasteiger partial charge in [-0.3, -0.25) is 4.79 Å². The molecule has 0 aromatic rings. The molecule has 4 nitrogen and oxygen atoms in total. The summed E-state index contributed by atoms with van der Waals surface area (Å²) >= 11 is 1.65. The lowest BCUT2D eigenvalue weighted by Crippen LogP contribution is -2.27. The number of amides is 1. The number of carbonyl (C=O) groups excluding carboxylic acids is 1. The van der Waals surface area contributed by atoms with E-state index in [-0.39, 0.29) is 25.5 Å². The molecule has 0 aromatic carbocycles. The molecule has 2 N–H and O–H groups in total. The Balaban J connectivity index is 3.18. The van der Waals surface area contributed by atoms with Crippen molar-refractivity contribution in [2.24, 2.45) is 0 Å². The first-order valence-corrected chi connectivity index (χ1v) is 6.63. The molecule has 0 saturated carbocycles. The molecule has 0 unspecified atom stereocenters. The number of hydrogen-bond acceptors (Lipinski definition) is 4. The highest BCUT2D eigenvalue weighted by atomic mass is 32.2. The van der Waals surface area contributed by atoms with E-state index in [1.54, 1.807) is 11.8 Å². The van der Waals surface area contributed by atoms with Crippen LogP contribution in [-0.2, 0) is 9.53 Å². The van der Waals surface area contributed by atoms with Crippen molar-refractivity contribution in [2.45, 2.75) is 19.3 Å². The molecular weight excluding hydrogens is 252 g/mol. The van der Waals surface area contributed by atoms with Gasteiger partial charge in [0.2, 0.25) is 5.91 Å². The number of carbonyl (C=O) groups is 1. The SMILES string of the molecule is O=C(CCOCC(F)F)NCCSCCCO. The Morgan fingerprint density at radius 1 is 1.41 bits per heavy atom. The number of thioether (sulfide) groups is 1. The zero-order valence-electron chi connectivity index (χ0n) is 9.66. The van der Waals surface area contributed by atoms with Crippen LogP contribution >= 0.6 is 11.8 Å². The van der Waals surface area contributed by atoms with Crippen LogP contribution in [0.4, 0.5) is 8.78 Å². The van der Waals surface area contributed by atoms with E-state index >= 15 is 0 Å². The van der Waals surface area contributed by atoms with Crippen LogP contribution < -0.4 is 5.32 Å².